The van der Waals surface area contributed by atoms with E-state index in [1.165, 1.54) is 0 Å². The molecule has 0 saturated carbocycles. The van der Waals surface area contributed by atoms with Crippen molar-refractivity contribution in [1.82, 2.24) is 4.57 Å². The highest BCUT2D eigenvalue weighted by molar-refractivity contribution is 5.78. The van der Waals surface area contributed by atoms with Gasteiger partial charge in [0.15, 0.2) is 0 Å². The number of oxime groups is 1. The maximum atomic E-state index is 9.09. The number of nitrogens with zero attached hydrogens (tertiary/aromatic N) is 4. The number of anilines is 1. The van der Waals surface area contributed by atoms with Gasteiger partial charge in [-0.05, 0) is 42.5 Å². The lowest BCUT2D eigenvalue weighted by Crippen LogP contribution is -2.08. The van der Waals surface area contributed by atoms with Crippen molar-refractivity contribution in [3.05, 3.63) is 83.7 Å². The Morgan fingerprint density at radius 1 is 1.08 bits per heavy atom. The van der Waals surface area contributed by atoms with Gasteiger partial charge in [0.05, 0.1) is 23.5 Å². The maximum absolute atomic E-state index is 9.09. The van der Waals surface area contributed by atoms with Crippen LogP contribution >= 0.6 is 0 Å². The first kappa shape index (κ1) is 17.3. The van der Waals surface area contributed by atoms with E-state index in [0.29, 0.717) is 5.56 Å². The number of nitriles is 1. The zero-order valence-electron chi connectivity index (χ0n) is 14.8. The van der Waals surface area contributed by atoms with Gasteiger partial charge in [0.25, 0.3) is 0 Å². The van der Waals surface area contributed by atoms with Crippen LogP contribution < -0.4 is 4.90 Å². The minimum absolute atomic E-state index is 0.262. The Labute approximate surface area is 153 Å². The third-order valence-corrected chi connectivity index (χ3v) is 4.04. The van der Waals surface area contributed by atoms with Crippen molar-refractivity contribution in [3.8, 4) is 11.8 Å². The molecule has 3 rings (SSSR count). The lowest BCUT2D eigenvalue weighted by molar-refractivity contribution is 0.132. The first-order chi connectivity index (χ1) is 12.7. The summed E-state index contributed by atoms with van der Waals surface area (Å²) >= 11 is 0. The van der Waals surface area contributed by atoms with Crippen LogP contribution in [0.25, 0.3) is 5.69 Å². The molecule has 5 heteroatoms. The Kier molecular flexibility index (Phi) is 5.35. The second-order valence-corrected chi connectivity index (χ2v) is 5.99. The Balaban J connectivity index is 1.69. The first-order valence-corrected chi connectivity index (χ1v) is 8.27. The van der Waals surface area contributed by atoms with Gasteiger partial charge in [0, 0.05) is 37.2 Å². The zero-order valence-corrected chi connectivity index (χ0v) is 14.8. The van der Waals surface area contributed by atoms with Crippen molar-refractivity contribution < 1.29 is 4.84 Å². The summed E-state index contributed by atoms with van der Waals surface area (Å²) < 4.78 is 2.04. The molecule has 0 atom stereocenters. The van der Waals surface area contributed by atoms with Gasteiger partial charge in [-0.3, -0.25) is 0 Å². The topological polar surface area (TPSA) is 53.5 Å². The normalized spacial score (nSPS) is 10.7. The largest absolute Gasteiger partial charge is 0.391 e. The summed E-state index contributed by atoms with van der Waals surface area (Å²) in [4.78, 5) is 7.44. The van der Waals surface area contributed by atoms with Gasteiger partial charge in [-0.1, -0.05) is 23.4 Å². The lowest BCUT2D eigenvalue weighted by atomic mass is 10.1. The fraction of sp³-hybridized carbons (Fsp3) is 0.143. The molecule has 0 spiro atoms. The predicted molar refractivity (Wildman–Crippen MR) is 104 cm³/mol. The molecule has 5 nitrogen and oxygen atoms in total. The number of benzene rings is 2. The van der Waals surface area contributed by atoms with Crippen molar-refractivity contribution in [1.29, 1.82) is 5.26 Å². The molecule has 26 heavy (non-hydrogen) atoms. The van der Waals surface area contributed by atoms with Gasteiger partial charge >= 0.3 is 0 Å². The van der Waals surface area contributed by atoms with Crippen molar-refractivity contribution >= 4 is 11.9 Å². The van der Waals surface area contributed by atoms with Crippen molar-refractivity contribution in [2.24, 2.45) is 5.16 Å². The zero-order chi connectivity index (χ0) is 18.4. The highest BCUT2D eigenvalue weighted by Crippen LogP contribution is 2.17. The summed E-state index contributed by atoms with van der Waals surface area (Å²) in [6.07, 6.45) is 3.66. The van der Waals surface area contributed by atoms with Crippen LogP contribution in [0.1, 0.15) is 16.8 Å². The molecule has 2 aromatic carbocycles. The molecule has 0 aliphatic heterocycles. The van der Waals surface area contributed by atoms with E-state index in [4.69, 9.17) is 10.1 Å². The average Bonchev–Trinajstić information content (AvgIpc) is 3.14. The van der Waals surface area contributed by atoms with Crippen molar-refractivity contribution in [3.63, 3.8) is 0 Å². The quantitative estimate of drug-likeness (QED) is 0.502. The smallest absolute Gasteiger partial charge is 0.143 e. The van der Waals surface area contributed by atoms with E-state index >= 15 is 0 Å². The molecule has 0 aliphatic rings. The molecular weight excluding hydrogens is 324 g/mol. The molecule has 0 amide bonds. The highest BCUT2D eigenvalue weighted by Gasteiger charge is 2.03. The second-order valence-electron chi connectivity index (χ2n) is 5.99. The van der Waals surface area contributed by atoms with Crippen LogP contribution in [0, 0.1) is 11.3 Å². The fourth-order valence-electron chi connectivity index (χ4n) is 2.60. The summed E-state index contributed by atoms with van der Waals surface area (Å²) in [5, 5.41) is 13.1. The lowest BCUT2D eigenvalue weighted by Gasteiger charge is -2.13. The van der Waals surface area contributed by atoms with Gasteiger partial charge in [-0.15, -0.1) is 0 Å². The SMILES string of the molecule is CN(C)c1ccc(-n2cccc2/C=N\OCc2ccccc2C#N)cc1. The highest BCUT2D eigenvalue weighted by atomic mass is 16.6. The van der Waals surface area contributed by atoms with E-state index < -0.39 is 0 Å². The second kappa shape index (κ2) is 8.04. The van der Waals surface area contributed by atoms with Crippen molar-refractivity contribution in [2.75, 3.05) is 19.0 Å². The number of hydrogen-bond donors (Lipinski definition) is 0. The minimum Gasteiger partial charge on any atom is -0.391 e. The molecule has 0 N–H and O–H groups in total. The van der Waals surface area contributed by atoms with Crippen LogP contribution in [0.3, 0.4) is 0 Å². The van der Waals surface area contributed by atoms with E-state index in [-0.39, 0.29) is 6.61 Å². The van der Waals surface area contributed by atoms with E-state index in [9.17, 15) is 0 Å². The first-order valence-electron chi connectivity index (χ1n) is 8.27. The number of aromatic nitrogens is 1. The van der Waals surface area contributed by atoms with E-state index in [2.05, 4.69) is 40.4 Å². The summed E-state index contributed by atoms with van der Waals surface area (Å²) in [6.45, 7) is 0.262. The van der Waals surface area contributed by atoms with E-state index in [0.717, 1.165) is 22.6 Å². The predicted octanol–water partition coefficient (Wildman–Crippen LogP) is 3.97. The van der Waals surface area contributed by atoms with Gasteiger partial charge in [-0.2, -0.15) is 5.26 Å². The van der Waals surface area contributed by atoms with Gasteiger partial charge in [0.2, 0.25) is 0 Å². The molecule has 130 valence electrons. The molecule has 0 bridgehead atoms. The third kappa shape index (κ3) is 3.93. The Hall–Kier alpha value is -3.52. The van der Waals surface area contributed by atoms with E-state index in [1.807, 2.05) is 55.2 Å². The van der Waals surface area contributed by atoms with Gasteiger partial charge in [-0.25, -0.2) is 0 Å². The van der Waals surface area contributed by atoms with Crippen LogP contribution in [0.15, 0.2) is 72.0 Å². The molecule has 0 fully saturated rings. The van der Waals surface area contributed by atoms with Crippen LogP contribution in [-0.4, -0.2) is 24.9 Å². The Morgan fingerprint density at radius 3 is 2.58 bits per heavy atom. The van der Waals surface area contributed by atoms with Gasteiger partial charge in [0.1, 0.15) is 6.61 Å². The summed E-state index contributed by atoms with van der Waals surface area (Å²) in [5.41, 5.74) is 4.54. The third-order valence-electron chi connectivity index (χ3n) is 4.04. The van der Waals surface area contributed by atoms with E-state index in [1.54, 1.807) is 12.3 Å². The number of rotatable bonds is 6. The van der Waals surface area contributed by atoms with Gasteiger partial charge < -0.3 is 14.3 Å². The Bertz CT molecular complexity index is 933. The van der Waals surface area contributed by atoms with Crippen LogP contribution in [0.5, 0.6) is 0 Å². The Morgan fingerprint density at radius 2 is 1.85 bits per heavy atom. The maximum Gasteiger partial charge on any atom is 0.143 e. The molecule has 1 heterocycles. The summed E-state index contributed by atoms with van der Waals surface area (Å²) in [7, 11) is 4.04. The molecule has 0 unspecified atom stereocenters. The summed E-state index contributed by atoms with van der Waals surface area (Å²) in [6, 6.07) is 21.7. The molecule has 3 aromatic rings. The fourth-order valence-corrected chi connectivity index (χ4v) is 2.60. The van der Waals surface area contributed by atoms with Crippen molar-refractivity contribution in [2.45, 2.75) is 6.61 Å². The number of hydrogen-bond acceptors (Lipinski definition) is 4. The van der Waals surface area contributed by atoms with Crippen LogP contribution in [0.4, 0.5) is 5.69 Å². The van der Waals surface area contributed by atoms with Crippen LogP contribution in [-0.2, 0) is 11.4 Å². The molecule has 0 saturated heterocycles. The summed E-state index contributed by atoms with van der Waals surface area (Å²) in [5.74, 6) is 0. The molecule has 1 aromatic heterocycles. The minimum atomic E-state index is 0.262. The standard InChI is InChI=1S/C21H20N4O/c1-24(2)19-9-11-20(12-10-19)25-13-5-8-21(25)15-23-26-16-18-7-4-3-6-17(18)14-22/h3-13,15H,16H2,1-2H3/b23-15-. The molecule has 0 aliphatic carbocycles. The van der Waals surface area contributed by atoms with Crippen LogP contribution in [0.2, 0.25) is 0 Å². The monoisotopic (exact) mass is 344 g/mol. The molecular formula is C21H20N4O. The average molecular weight is 344 g/mol. The molecule has 0 radical (unpaired) electrons.